The Bertz CT molecular complexity index is 714. The number of benzene rings is 2. The molecule has 0 aliphatic carbocycles. The molecule has 1 amide bonds. The highest BCUT2D eigenvalue weighted by Gasteiger charge is 2.08. The average Bonchev–Trinajstić information content (AvgIpc) is 2.48. The zero-order valence-corrected chi connectivity index (χ0v) is 12.0. The summed E-state index contributed by atoms with van der Waals surface area (Å²) in [5.74, 6) is -0.394. The van der Waals surface area contributed by atoms with E-state index in [0.29, 0.717) is 21.8 Å². The maximum atomic E-state index is 11.9. The molecule has 2 aromatic carbocycles. The smallest absolute Gasteiger partial charge is 0.267 e. The zero-order valence-electron chi connectivity index (χ0n) is 11.3. The number of hydrogen-bond acceptors (Lipinski definition) is 3. The first kappa shape index (κ1) is 14.9. The molecule has 0 saturated heterocycles. The predicted octanol–water partition coefficient (Wildman–Crippen LogP) is 3.14. The molecule has 0 aliphatic rings. The van der Waals surface area contributed by atoms with Gasteiger partial charge in [0.15, 0.2) is 7.05 Å². The van der Waals surface area contributed by atoms with E-state index >= 15 is 0 Å². The van der Waals surface area contributed by atoms with Crippen LogP contribution in [0.1, 0.15) is 15.9 Å². The fraction of sp³-hybridized carbons (Fsp3) is 0.0667. The number of halogens is 1. The number of amides is 1. The minimum Gasteiger partial charge on any atom is -0.267 e. The second-order valence-electron chi connectivity index (χ2n) is 4.27. The van der Waals surface area contributed by atoms with E-state index in [1.807, 2.05) is 0 Å². The molecule has 0 bridgehead atoms. The summed E-state index contributed by atoms with van der Waals surface area (Å²) in [6, 6.07) is 13.6. The lowest BCUT2D eigenvalue weighted by atomic mass is 10.2. The molecule has 106 valence electrons. The molecule has 0 spiro atoms. The van der Waals surface area contributed by atoms with Gasteiger partial charge in [0, 0.05) is 27.4 Å². The van der Waals surface area contributed by atoms with Crippen LogP contribution in [0.3, 0.4) is 0 Å². The number of nitrogens with one attached hydrogen (secondary N) is 1. The van der Waals surface area contributed by atoms with Crippen LogP contribution < -0.4 is 5.43 Å². The SMILES string of the molecule is C[N+](=O)c1cccc(/C=N/NC(=O)c2ccccc2Cl)c1. The number of hydrogen-bond donors (Lipinski definition) is 1. The monoisotopic (exact) mass is 302 g/mol. The van der Waals surface area contributed by atoms with E-state index in [9.17, 15) is 9.70 Å². The van der Waals surface area contributed by atoms with Crippen molar-refractivity contribution in [3.63, 3.8) is 0 Å². The van der Waals surface area contributed by atoms with Gasteiger partial charge in [-0.25, -0.2) is 5.43 Å². The molecule has 0 heterocycles. The molecular weight excluding hydrogens is 290 g/mol. The minimum atomic E-state index is -0.394. The molecule has 0 aliphatic heterocycles. The van der Waals surface area contributed by atoms with Crippen molar-refractivity contribution in [2.75, 3.05) is 7.05 Å². The van der Waals surface area contributed by atoms with Crippen LogP contribution in [-0.2, 0) is 0 Å². The highest BCUT2D eigenvalue weighted by molar-refractivity contribution is 6.33. The Morgan fingerprint density at radius 3 is 2.71 bits per heavy atom. The van der Waals surface area contributed by atoms with E-state index in [1.54, 1.807) is 48.5 Å². The quantitative estimate of drug-likeness (QED) is 0.536. The lowest BCUT2D eigenvalue weighted by molar-refractivity contribution is -0.428. The first-order chi connectivity index (χ1) is 10.1. The van der Waals surface area contributed by atoms with Crippen LogP contribution in [0.2, 0.25) is 5.02 Å². The Kier molecular flexibility index (Phi) is 4.79. The molecule has 2 rings (SSSR count). The summed E-state index contributed by atoms with van der Waals surface area (Å²) in [6.07, 6.45) is 1.46. The predicted molar refractivity (Wildman–Crippen MR) is 82.2 cm³/mol. The van der Waals surface area contributed by atoms with E-state index in [0.717, 1.165) is 4.76 Å². The maximum Gasteiger partial charge on any atom is 0.272 e. The van der Waals surface area contributed by atoms with Crippen LogP contribution in [-0.4, -0.2) is 23.9 Å². The van der Waals surface area contributed by atoms with Crippen molar-refractivity contribution >= 4 is 29.4 Å². The third-order valence-corrected chi connectivity index (χ3v) is 3.06. The van der Waals surface area contributed by atoms with Gasteiger partial charge in [0.1, 0.15) is 0 Å². The van der Waals surface area contributed by atoms with Gasteiger partial charge in [0.25, 0.3) is 11.6 Å². The van der Waals surface area contributed by atoms with Crippen molar-refractivity contribution in [1.82, 2.24) is 5.43 Å². The minimum absolute atomic E-state index is 0.351. The Morgan fingerprint density at radius 2 is 2.00 bits per heavy atom. The second-order valence-corrected chi connectivity index (χ2v) is 4.68. The van der Waals surface area contributed by atoms with E-state index in [2.05, 4.69) is 10.5 Å². The van der Waals surface area contributed by atoms with E-state index in [-0.39, 0.29) is 0 Å². The van der Waals surface area contributed by atoms with Gasteiger partial charge in [-0.3, -0.25) is 4.79 Å². The van der Waals surface area contributed by atoms with Crippen LogP contribution in [0.25, 0.3) is 0 Å². The lowest BCUT2D eigenvalue weighted by Crippen LogP contribution is -2.17. The van der Waals surface area contributed by atoms with Crippen molar-refractivity contribution < 1.29 is 9.55 Å². The summed E-state index contributed by atoms with van der Waals surface area (Å²) in [5.41, 5.74) is 3.96. The van der Waals surface area contributed by atoms with Gasteiger partial charge in [0.2, 0.25) is 0 Å². The van der Waals surface area contributed by atoms with E-state index < -0.39 is 5.91 Å². The molecule has 0 atom stereocenters. The Balaban J connectivity index is 2.06. The number of nitrogens with zero attached hydrogens (tertiary/aromatic N) is 2. The molecule has 0 radical (unpaired) electrons. The summed E-state index contributed by atoms with van der Waals surface area (Å²) < 4.78 is 0.750. The molecule has 0 aromatic heterocycles. The standard InChI is InChI=1S/C15H12ClN3O2/c1-19(21)12-6-4-5-11(9-12)10-17-18-15(20)13-7-2-3-8-14(13)16/h2-10H,1H3/p+1/b17-10+. The van der Waals surface area contributed by atoms with Crippen molar-refractivity contribution in [3.05, 3.63) is 69.6 Å². The maximum absolute atomic E-state index is 11.9. The second kappa shape index (κ2) is 6.76. The van der Waals surface area contributed by atoms with Crippen LogP contribution in [0.15, 0.2) is 53.6 Å². The van der Waals surface area contributed by atoms with Crippen LogP contribution in [0.5, 0.6) is 0 Å². The number of hydrazone groups is 1. The molecule has 21 heavy (non-hydrogen) atoms. The van der Waals surface area contributed by atoms with Gasteiger partial charge in [-0.2, -0.15) is 5.10 Å². The molecule has 5 nitrogen and oxygen atoms in total. The van der Waals surface area contributed by atoms with Gasteiger partial charge in [0.05, 0.1) is 16.8 Å². The van der Waals surface area contributed by atoms with Gasteiger partial charge in [-0.1, -0.05) is 35.9 Å². The van der Waals surface area contributed by atoms with Gasteiger partial charge in [-0.05, 0) is 12.1 Å². The third-order valence-electron chi connectivity index (χ3n) is 2.73. The van der Waals surface area contributed by atoms with Crippen molar-refractivity contribution in [1.29, 1.82) is 0 Å². The third kappa shape index (κ3) is 3.97. The number of nitroso groups, excluding NO2 is 1. The molecule has 1 N–H and O–H groups in total. The molecule has 0 fully saturated rings. The lowest BCUT2D eigenvalue weighted by Gasteiger charge is -2.01. The fourth-order valence-electron chi connectivity index (χ4n) is 1.67. The Hall–Kier alpha value is -2.53. The van der Waals surface area contributed by atoms with Gasteiger partial charge < -0.3 is 0 Å². The van der Waals surface area contributed by atoms with Gasteiger partial charge >= 0.3 is 0 Å². The summed E-state index contributed by atoms with van der Waals surface area (Å²) in [5, 5.41) is 4.22. The summed E-state index contributed by atoms with van der Waals surface area (Å²) in [7, 11) is 1.41. The molecule has 2 aromatic rings. The van der Waals surface area contributed by atoms with Crippen molar-refractivity contribution in [3.8, 4) is 0 Å². The number of rotatable bonds is 4. The van der Waals surface area contributed by atoms with Crippen molar-refractivity contribution in [2.45, 2.75) is 0 Å². The fourth-order valence-corrected chi connectivity index (χ4v) is 1.89. The van der Waals surface area contributed by atoms with Gasteiger partial charge in [-0.15, -0.1) is 0 Å². The largest absolute Gasteiger partial charge is 0.272 e. The van der Waals surface area contributed by atoms with Crippen LogP contribution in [0, 0.1) is 4.91 Å². The first-order valence-corrected chi connectivity index (χ1v) is 6.54. The van der Waals surface area contributed by atoms with E-state index in [4.69, 9.17) is 11.6 Å². The zero-order chi connectivity index (χ0) is 15.2. The van der Waals surface area contributed by atoms with Crippen molar-refractivity contribution in [2.24, 2.45) is 5.10 Å². The first-order valence-electron chi connectivity index (χ1n) is 6.17. The topological polar surface area (TPSA) is 61.5 Å². The Morgan fingerprint density at radius 1 is 1.24 bits per heavy atom. The van der Waals surface area contributed by atoms with Crippen LogP contribution >= 0.6 is 11.6 Å². The number of carbonyl (C=O) groups is 1. The Labute approximate surface area is 126 Å². The molecule has 0 saturated carbocycles. The molecule has 6 heteroatoms. The highest BCUT2D eigenvalue weighted by Crippen LogP contribution is 2.14. The van der Waals surface area contributed by atoms with Crippen LogP contribution in [0.4, 0.5) is 5.69 Å². The summed E-state index contributed by atoms with van der Waals surface area (Å²) in [4.78, 5) is 23.1. The van der Waals surface area contributed by atoms with E-state index in [1.165, 1.54) is 13.3 Å². The average molecular weight is 303 g/mol. The highest BCUT2D eigenvalue weighted by atomic mass is 35.5. The molecular formula is C15H13ClN3O2+. The summed E-state index contributed by atoms with van der Waals surface area (Å²) >= 11 is 5.92. The number of carbonyl (C=O) groups excluding carboxylic acids is 1. The summed E-state index contributed by atoms with van der Waals surface area (Å²) in [6.45, 7) is 0. The normalized spacial score (nSPS) is 10.6. The molecule has 0 unspecified atom stereocenters.